The number of hydrogen-bond donors (Lipinski definition) is 1. The minimum atomic E-state index is 0.00272. The van der Waals surface area contributed by atoms with Crippen molar-refractivity contribution in [3.05, 3.63) is 28.2 Å². The molecule has 6 heteroatoms. The van der Waals surface area contributed by atoms with Gasteiger partial charge in [-0.05, 0) is 78.6 Å². The van der Waals surface area contributed by atoms with Gasteiger partial charge in [0.05, 0.1) is 11.6 Å². The third kappa shape index (κ3) is 5.08. The molecular weight excluding hydrogens is 418 g/mol. The van der Waals surface area contributed by atoms with Gasteiger partial charge in [-0.2, -0.15) is 0 Å². The Morgan fingerprint density at radius 1 is 1.11 bits per heavy atom. The number of rotatable bonds is 6. The van der Waals surface area contributed by atoms with E-state index < -0.39 is 0 Å². The van der Waals surface area contributed by atoms with Crippen molar-refractivity contribution in [2.45, 2.75) is 50.6 Å². The molecule has 5 nitrogen and oxygen atoms in total. The average molecular weight is 450 g/mol. The molecule has 0 bridgehead atoms. The van der Waals surface area contributed by atoms with Crippen molar-refractivity contribution in [2.24, 2.45) is 5.92 Å². The molecule has 0 atom stereocenters. The highest BCUT2D eigenvalue weighted by molar-refractivity contribution is 9.10. The van der Waals surface area contributed by atoms with E-state index in [1.807, 2.05) is 12.1 Å². The molecule has 2 saturated carbocycles. The number of carbonyl (C=O) groups excluding carboxylic acids is 1. The van der Waals surface area contributed by atoms with Crippen LogP contribution in [0.5, 0.6) is 5.75 Å². The number of methoxy groups -OCH3 is 1. The fourth-order valence-corrected chi connectivity index (χ4v) is 5.04. The topological polar surface area (TPSA) is 44.8 Å². The fourth-order valence-electron chi connectivity index (χ4n) is 4.63. The molecule has 3 fully saturated rings. The average Bonchev–Trinajstić information content (AvgIpc) is 3.53. The predicted octanol–water partition coefficient (Wildman–Crippen LogP) is 3.53. The van der Waals surface area contributed by atoms with E-state index >= 15 is 0 Å². The van der Waals surface area contributed by atoms with Gasteiger partial charge in [0, 0.05) is 50.4 Å². The van der Waals surface area contributed by atoms with Crippen LogP contribution in [0.1, 0.15) is 48.9 Å². The number of carbonyl (C=O) groups is 1. The van der Waals surface area contributed by atoms with Crippen molar-refractivity contribution in [3.63, 3.8) is 0 Å². The van der Waals surface area contributed by atoms with Crippen LogP contribution in [0, 0.1) is 5.92 Å². The molecule has 0 aromatic heterocycles. The van der Waals surface area contributed by atoms with Crippen LogP contribution in [0.25, 0.3) is 0 Å². The van der Waals surface area contributed by atoms with E-state index in [4.69, 9.17) is 4.74 Å². The third-order valence-corrected chi connectivity index (χ3v) is 7.24. The summed E-state index contributed by atoms with van der Waals surface area (Å²) in [6.45, 7) is 6.23. The highest BCUT2D eigenvalue weighted by Crippen LogP contribution is 2.31. The Labute approximate surface area is 176 Å². The molecule has 0 unspecified atom stereocenters. The molecule has 0 spiro atoms. The number of amides is 1. The Morgan fingerprint density at radius 3 is 2.46 bits per heavy atom. The summed E-state index contributed by atoms with van der Waals surface area (Å²) in [6, 6.07) is 6.49. The lowest BCUT2D eigenvalue weighted by molar-refractivity contribution is 0.0694. The van der Waals surface area contributed by atoms with Crippen molar-refractivity contribution in [1.82, 2.24) is 15.1 Å². The van der Waals surface area contributed by atoms with Gasteiger partial charge < -0.3 is 15.0 Å². The minimum absolute atomic E-state index is 0.00272. The van der Waals surface area contributed by atoms with Crippen molar-refractivity contribution in [3.8, 4) is 5.75 Å². The lowest BCUT2D eigenvalue weighted by Gasteiger charge is -2.42. The second kappa shape index (κ2) is 9.14. The van der Waals surface area contributed by atoms with Crippen molar-refractivity contribution < 1.29 is 9.53 Å². The number of halogens is 1. The largest absolute Gasteiger partial charge is 0.496 e. The summed E-state index contributed by atoms with van der Waals surface area (Å²) in [4.78, 5) is 18.0. The lowest BCUT2D eigenvalue weighted by atomic mass is 9.89. The molecule has 1 heterocycles. The molecule has 1 saturated heterocycles. The Balaban J connectivity index is 1.21. The first-order chi connectivity index (χ1) is 13.6. The van der Waals surface area contributed by atoms with Crippen LogP contribution in [-0.4, -0.2) is 67.6 Å². The molecule has 1 aromatic carbocycles. The Bertz CT molecular complexity index is 678. The first-order valence-corrected chi connectivity index (χ1v) is 11.5. The standard InChI is InChI=1S/C22H32BrN3O2/c1-28-21-14-17(4-9-20(21)23)22(27)24-18-5-7-19(8-6-18)26-12-10-25(11-13-26)15-16-2-3-16/h4,9,14,16,18-19H,2-3,5-8,10-13,15H2,1H3,(H,24,27). The Morgan fingerprint density at radius 2 is 1.82 bits per heavy atom. The molecule has 2 aliphatic carbocycles. The molecule has 1 amide bonds. The molecule has 28 heavy (non-hydrogen) atoms. The van der Waals surface area contributed by atoms with Crippen LogP contribution in [0.2, 0.25) is 0 Å². The van der Waals surface area contributed by atoms with Gasteiger partial charge in [-0.3, -0.25) is 9.69 Å². The van der Waals surface area contributed by atoms with Gasteiger partial charge in [0.2, 0.25) is 0 Å². The normalized spacial score (nSPS) is 26.8. The maximum atomic E-state index is 12.6. The summed E-state index contributed by atoms with van der Waals surface area (Å²) in [5.74, 6) is 1.69. The molecule has 1 aliphatic heterocycles. The van der Waals surface area contributed by atoms with Crippen molar-refractivity contribution in [1.29, 1.82) is 0 Å². The van der Waals surface area contributed by atoms with E-state index in [-0.39, 0.29) is 11.9 Å². The summed E-state index contributed by atoms with van der Waals surface area (Å²) in [5.41, 5.74) is 0.661. The third-order valence-electron chi connectivity index (χ3n) is 6.58. The zero-order valence-electron chi connectivity index (χ0n) is 16.8. The number of hydrogen-bond acceptors (Lipinski definition) is 4. The molecule has 0 radical (unpaired) electrons. The highest BCUT2D eigenvalue weighted by Gasteiger charge is 2.31. The molecular formula is C22H32BrN3O2. The smallest absolute Gasteiger partial charge is 0.251 e. The van der Waals surface area contributed by atoms with Gasteiger partial charge in [0.25, 0.3) is 5.91 Å². The maximum absolute atomic E-state index is 12.6. The first-order valence-electron chi connectivity index (χ1n) is 10.7. The number of benzene rings is 1. The van der Waals surface area contributed by atoms with Gasteiger partial charge in [-0.15, -0.1) is 0 Å². The van der Waals surface area contributed by atoms with Crippen LogP contribution in [0.4, 0.5) is 0 Å². The number of piperazine rings is 1. The monoisotopic (exact) mass is 449 g/mol. The molecule has 1 aromatic rings. The van der Waals surface area contributed by atoms with E-state index in [1.54, 1.807) is 13.2 Å². The highest BCUT2D eigenvalue weighted by atomic mass is 79.9. The Kier molecular flexibility index (Phi) is 6.59. The van der Waals surface area contributed by atoms with Crippen molar-refractivity contribution in [2.75, 3.05) is 39.8 Å². The summed E-state index contributed by atoms with van der Waals surface area (Å²) >= 11 is 3.44. The predicted molar refractivity (Wildman–Crippen MR) is 115 cm³/mol. The molecule has 1 N–H and O–H groups in total. The molecule has 154 valence electrons. The summed E-state index contributed by atoms with van der Waals surface area (Å²) < 4.78 is 6.17. The number of nitrogens with zero attached hydrogens (tertiary/aromatic N) is 2. The van der Waals surface area contributed by atoms with Gasteiger partial charge >= 0.3 is 0 Å². The van der Waals surface area contributed by atoms with Gasteiger partial charge in [0.15, 0.2) is 0 Å². The van der Waals surface area contributed by atoms with E-state index in [1.165, 1.54) is 58.4 Å². The van der Waals surface area contributed by atoms with E-state index in [0.29, 0.717) is 17.4 Å². The van der Waals surface area contributed by atoms with E-state index in [2.05, 4.69) is 31.0 Å². The quantitative estimate of drug-likeness (QED) is 0.721. The zero-order valence-corrected chi connectivity index (χ0v) is 18.4. The van der Waals surface area contributed by atoms with E-state index in [0.717, 1.165) is 23.2 Å². The van der Waals surface area contributed by atoms with Gasteiger partial charge in [-0.25, -0.2) is 0 Å². The van der Waals surface area contributed by atoms with E-state index in [9.17, 15) is 4.79 Å². The van der Waals surface area contributed by atoms with Crippen LogP contribution in [-0.2, 0) is 0 Å². The summed E-state index contributed by atoms with van der Waals surface area (Å²) in [6.07, 6.45) is 7.43. The fraction of sp³-hybridized carbons (Fsp3) is 0.682. The van der Waals surface area contributed by atoms with Crippen LogP contribution in [0.15, 0.2) is 22.7 Å². The SMILES string of the molecule is COc1cc(C(=O)NC2CCC(N3CCN(CC4CC4)CC3)CC2)ccc1Br. The minimum Gasteiger partial charge on any atom is -0.496 e. The zero-order chi connectivity index (χ0) is 19.5. The lowest BCUT2D eigenvalue weighted by Crippen LogP contribution is -2.52. The maximum Gasteiger partial charge on any atom is 0.251 e. The number of nitrogens with one attached hydrogen (secondary N) is 1. The van der Waals surface area contributed by atoms with Crippen LogP contribution < -0.4 is 10.1 Å². The Hall–Kier alpha value is -1.11. The first kappa shape index (κ1) is 20.2. The van der Waals surface area contributed by atoms with Crippen LogP contribution >= 0.6 is 15.9 Å². The van der Waals surface area contributed by atoms with Crippen molar-refractivity contribution >= 4 is 21.8 Å². The second-order valence-electron chi connectivity index (χ2n) is 8.61. The van der Waals surface area contributed by atoms with Gasteiger partial charge in [0.1, 0.15) is 5.75 Å². The van der Waals surface area contributed by atoms with Gasteiger partial charge in [-0.1, -0.05) is 0 Å². The molecule has 4 rings (SSSR count). The second-order valence-corrected chi connectivity index (χ2v) is 9.46. The summed E-state index contributed by atoms with van der Waals surface area (Å²) in [7, 11) is 1.62. The summed E-state index contributed by atoms with van der Waals surface area (Å²) in [5, 5.41) is 3.23. The van der Waals surface area contributed by atoms with Crippen LogP contribution in [0.3, 0.4) is 0 Å². The molecule has 3 aliphatic rings. The number of ether oxygens (including phenoxy) is 1.